The van der Waals surface area contributed by atoms with E-state index in [4.69, 9.17) is 49.6 Å². The first-order chi connectivity index (χ1) is 7.10. The molecule has 0 amide bonds. The third-order valence-electron chi connectivity index (χ3n) is 1.96. The van der Waals surface area contributed by atoms with Gasteiger partial charge in [-0.2, -0.15) is 0 Å². The molecule has 0 aliphatic carbocycles. The predicted octanol–water partition coefficient (Wildman–Crippen LogP) is 5.33. The van der Waals surface area contributed by atoms with Crippen molar-refractivity contribution in [1.29, 1.82) is 0 Å². The van der Waals surface area contributed by atoms with Crippen LogP contribution in [0.15, 0.2) is 9.25 Å². The van der Waals surface area contributed by atoms with Crippen molar-refractivity contribution in [2.75, 3.05) is 6.61 Å². The van der Waals surface area contributed by atoms with Crippen LogP contribution in [0.4, 0.5) is 0 Å². The van der Waals surface area contributed by atoms with Crippen molar-refractivity contribution in [2.45, 2.75) is 37.0 Å². The summed E-state index contributed by atoms with van der Waals surface area (Å²) in [5.41, 5.74) is 0. The van der Waals surface area contributed by atoms with Crippen LogP contribution in [-0.2, 0) is 4.74 Å². The second-order valence-corrected chi connectivity index (χ2v) is 24.8. The van der Waals surface area contributed by atoms with Crippen LogP contribution in [0.25, 0.3) is 0 Å². The minimum absolute atomic E-state index is 0.340. The van der Waals surface area contributed by atoms with Crippen molar-refractivity contribution >= 4 is 64.1 Å². The Hall–Kier alpha value is 1.46. The summed E-state index contributed by atoms with van der Waals surface area (Å²) in [4.78, 5) is 0. The summed E-state index contributed by atoms with van der Waals surface area (Å²) < 4.78 is 6.29. The van der Waals surface area contributed by atoms with E-state index in [2.05, 4.69) is 24.2 Å². The van der Waals surface area contributed by atoms with E-state index in [0.29, 0.717) is 11.8 Å². The fourth-order valence-corrected chi connectivity index (χ4v) is 25.5. The second kappa shape index (κ2) is 7.15. The first-order valence-electron chi connectivity index (χ1n) is 5.21. The molecular formula is C9H18Cl4GeOSi. The Bertz CT molecular complexity index is 241. The van der Waals surface area contributed by atoms with Crippen molar-refractivity contribution in [2.24, 2.45) is 0 Å². The summed E-state index contributed by atoms with van der Waals surface area (Å²) in [5, 5.41) is 0.340. The van der Waals surface area contributed by atoms with Crippen molar-refractivity contribution in [3.05, 3.63) is 9.25 Å². The number of halogens is 4. The van der Waals surface area contributed by atoms with E-state index in [1.165, 1.54) is 0 Å². The molecule has 0 aromatic carbocycles. The molecule has 0 fully saturated rings. The van der Waals surface area contributed by atoms with Crippen LogP contribution in [0, 0.1) is 0 Å². The Kier molecular flexibility index (Phi) is 7.80. The van der Waals surface area contributed by atoms with Crippen LogP contribution in [0.5, 0.6) is 0 Å². The van der Waals surface area contributed by atoms with E-state index in [-0.39, 0.29) is 0 Å². The average Bonchev–Trinajstić information content (AvgIpc) is 1.98. The maximum atomic E-state index is 6.14. The Labute approximate surface area is 121 Å². The molecule has 7 heteroatoms. The fourth-order valence-electron chi connectivity index (χ4n) is 1.21. The molecule has 0 rings (SSSR count). The van der Waals surface area contributed by atoms with Gasteiger partial charge in [0.15, 0.2) is 0 Å². The number of unbranched alkanes of at least 4 members (excludes halogenated alkanes) is 1. The van der Waals surface area contributed by atoms with Gasteiger partial charge in [-0.3, -0.25) is 0 Å². The van der Waals surface area contributed by atoms with Crippen LogP contribution < -0.4 is 0 Å². The van der Waals surface area contributed by atoms with E-state index in [1.807, 2.05) is 0 Å². The number of rotatable bonds is 6. The monoisotopic (exact) mass is 384 g/mol. The van der Waals surface area contributed by atoms with Gasteiger partial charge in [0, 0.05) is 0 Å². The van der Waals surface area contributed by atoms with Crippen molar-refractivity contribution in [1.82, 2.24) is 0 Å². The predicted molar refractivity (Wildman–Crippen MR) is 80.4 cm³/mol. The Balaban J connectivity index is 4.94. The molecule has 0 saturated carbocycles. The van der Waals surface area contributed by atoms with Gasteiger partial charge in [0.1, 0.15) is 0 Å². The molecule has 0 aromatic rings. The maximum absolute atomic E-state index is 6.14. The van der Waals surface area contributed by atoms with Crippen molar-refractivity contribution in [3.8, 4) is 0 Å². The van der Waals surface area contributed by atoms with Gasteiger partial charge in [-0.05, 0) is 0 Å². The van der Waals surface area contributed by atoms with Gasteiger partial charge in [-0.1, -0.05) is 0 Å². The third-order valence-corrected chi connectivity index (χ3v) is 18.1. The molecule has 0 saturated heterocycles. The molecule has 0 radical (unpaired) electrons. The molecule has 16 heavy (non-hydrogen) atoms. The molecule has 0 heterocycles. The first-order valence-corrected chi connectivity index (χ1v) is 18.0. The minimum atomic E-state index is -2.92. The normalized spacial score (nSPS) is 14.8. The summed E-state index contributed by atoms with van der Waals surface area (Å²) in [6.07, 6.45) is 2.02. The Morgan fingerprint density at radius 2 is 1.69 bits per heavy atom. The summed E-state index contributed by atoms with van der Waals surface area (Å²) in [6.45, 7) is 2.68. The molecule has 0 unspecified atom stereocenters. The van der Waals surface area contributed by atoms with Crippen LogP contribution in [0.3, 0.4) is 0 Å². The number of hydrogen-bond donors (Lipinski definition) is 0. The third kappa shape index (κ3) is 6.41. The van der Waals surface area contributed by atoms with Crippen LogP contribution in [0.1, 0.15) is 19.8 Å². The summed E-state index contributed by atoms with van der Waals surface area (Å²) in [6, 6.07) is -2.92. The number of ether oxygens (including phenoxy) is 1. The molecule has 0 N–H and O–H groups in total. The molecule has 0 atom stereocenters. The second-order valence-electron chi connectivity index (χ2n) is 4.60. The van der Waals surface area contributed by atoms with E-state index >= 15 is 0 Å². The molecule has 0 aliphatic rings. The Morgan fingerprint density at radius 3 is 2.00 bits per heavy atom. The molecule has 1 nitrogen and oxygen atoms in total. The van der Waals surface area contributed by atoms with Crippen LogP contribution >= 0.6 is 44.8 Å². The van der Waals surface area contributed by atoms with Gasteiger partial charge in [0.2, 0.25) is 0 Å². The summed E-state index contributed by atoms with van der Waals surface area (Å²) >= 11 is 22.1. The zero-order valence-electron chi connectivity index (χ0n) is 10.0. The van der Waals surface area contributed by atoms with Gasteiger partial charge in [-0.25, -0.2) is 0 Å². The van der Waals surface area contributed by atoms with Crippen LogP contribution in [0.2, 0.25) is 17.3 Å². The van der Waals surface area contributed by atoms with Crippen molar-refractivity contribution in [3.63, 3.8) is 0 Å². The van der Waals surface area contributed by atoms with Crippen molar-refractivity contribution < 1.29 is 4.74 Å². The molecule has 0 aromatic heterocycles. The zero-order chi connectivity index (χ0) is 13.0. The van der Waals surface area contributed by atoms with Crippen LogP contribution in [-0.4, -0.2) is 25.9 Å². The van der Waals surface area contributed by atoms with E-state index in [9.17, 15) is 0 Å². The summed E-state index contributed by atoms with van der Waals surface area (Å²) in [7, 11) is 0. The zero-order valence-corrected chi connectivity index (χ0v) is 16.2. The average molecular weight is 385 g/mol. The van der Waals surface area contributed by atoms with E-state index in [0.717, 1.165) is 16.9 Å². The molecule has 0 aliphatic heterocycles. The number of hydrogen-bond acceptors (Lipinski definition) is 1. The fraction of sp³-hybridized carbons (Fsp3) is 0.778. The van der Waals surface area contributed by atoms with E-state index in [1.54, 1.807) is 0 Å². The first kappa shape index (κ1) is 17.5. The quantitative estimate of drug-likeness (QED) is 0.260. The van der Waals surface area contributed by atoms with Gasteiger partial charge >= 0.3 is 122 Å². The van der Waals surface area contributed by atoms with Gasteiger partial charge in [0.05, 0.1) is 0 Å². The van der Waals surface area contributed by atoms with Gasteiger partial charge in [0.25, 0.3) is 0 Å². The van der Waals surface area contributed by atoms with E-state index < -0.39 is 19.3 Å². The van der Waals surface area contributed by atoms with Gasteiger partial charge < -0.3 is 0 Å². The topological polar surface area (TPSA) is 9.23 Å². The standard InChI is InChI=1S/C9H18Cl4GeOSi/c1-5-6-7-15-8(10)9(14(2,3)4)16(11,12)13/h5-7H2,1-4H3/b9-8-. The molecule has 96 valence electrons. The molecular weight excluding hydrogens is 367 g/mol. The molecule has 0 bridgehead atoms. The Morgan fingerprint density at radius 1 is 1.19 bits per heavy atom. The molecule has 0 spiro atoms. The SMILES string of the molecule is CCCCO/C(Cl)=[C](\[Si](Cl)(Cl)Cl)[Ge]([CH3])([CH3])[CH3]. The van der Waals surface area contributed by atoms with Gasteiger partial charge in [-0.15, -0.1) is 0 Å². The summed E-state index contributed by atoms with van der Waals surface area (Å²) in [5.74, 6) is 6.45.